The highest BCUT2D eigenvalue weighted by molar-refractivity contribution is 5.28. The van der Waals surface area contributed by atoms with Crippen molar-refractivity contribution in [2.45, 2.75) is 26.3 Å². The molecule has 2 aromatic rings. The molecule has 1 unspecified atom stereocenters. The van der Waals surface area contributed by atoms with Crippen molar-refractivity contribution in [2.75, 3.05) is 0 Å². The predicted octanol–water partition coefficient (Wildman–Crippen LogP) is 1.32. The van der Waals surface area contributed by atoms with Crippen LogP contribution in [0.1, 0.15) is 28.6 Å². The monoisotopic (exact) mass is 263 g/mol. The van der Waals surface area contributed by atoms with Gasteiger partial charge in [0.1, 0.15) is 5.82 Å². The molecule has 2 heterocycles. The first kappa shape index (κ1) is 13.6. The van der Waals surface area contributed by atoms with Gasteiger partial charge in [-0.2, -0.15) is 5.10 Å². The van der Waals surface area contributed by atoms with Gasteiger partial charge in [-0.15, -0.1) is 0 Å². The van der Waals surface area contributed by atoms with Gasteiger partial charge in [-0.05, 0) is 31.9 Å². The number of aryl methyl sites for hydroxylation is 2. The van der Waals surface area contributed by atoms with E-state index < -0.39 is 0 Å². The molecule has 0 fully saturated rings. The molecule has 102 valence electrons. The van der Waals surface area contributed by atoms with Crippen molar-refractivity contribution < 1.29 is 4.39 Å². The Labute approximate surface area is 111 Å². The number of nitrogens with one attached hydrogen (secondary N) is 1. The molecule has 0 aliphatic rings. The lowest BCUT2D eigenvalue weighted by molar-refractivity contribution is 0.506. The van der Waals surface area contributed by atoms with E-state index in [0.717, 1.165) is 17.0 Å². The molecule has 1 atom stereocenters. The maximum Gasteiger partial charge on any atom is 0.146 e. The largest absolute Gasteiger partial charge is 0.272 e. The summed E-state index contributed by atoms with van der Waals surface area (Å²) in [6.07, 6.45) is 3.34. The van der Waals surface area contributed by atoms with Gasteiger partial charge in [-0.3, -0.25) is 20.9 Å². The third kappa shape index (κ3) is 2.64. The summed E-state index contributed by atoms with van der Waals surface area (Å²) in [6, 6.07) is 1.34. The van der Waals surface area contributed by atoms with Crippen LogP contribution in [0.4, 0.5) is 4.39 Å². The number of hydrazine groups is 1. The Hall–Kier alpha value is -1.79. The molecule has 5 nitrogen and oxygen atoms in total. The predicted molar refractivity (Wildman–Crippen MR) is 70.6 cm³/mol. The van der Waals surface area contributed by atoms with E-state index in [2.05, 4.69) is 15.5 Å². The molecule has 2 rings (SSSR count). The van der Waals surface area contributed by atoms with E-state index in [4.69, 9.17) is 5.84 Å². The summed E-state index contributed by atoms with van der Waals surface area (Å²) in [7, 11) is 1.89. The Kier molecular flexibility index (Phi) is 3.92. The first-order valence-corrected chi connectivity index (χ1v) is 6.09. The minimum absolute atomic E-state index is 0.301. The van der Waals surface area contributed by atoms with Gasteiger partial charge in [0.05, 0.1) is 17.9 Å². The summed E-state index contributed by atoms with van der Waals surface area (Å²) in [6.45, 7) is 3.94. The Morgan fingerprint density at radius 3 is 2.74 bits per heavy atom. The quantitative estimate of drug-likeness (QED) is 0.645. The molecule has 0 saturated heterocycles. The van der Waals surface area contributed by atoms with E-state index in [1.807, 2.05) is 25.6 Å². The van der Waals surface area contributed by atoms with E-state index in [0.29, 0.717) is 12.0 Å². The van der Waals surface area contributed by atoms with Gasteiger partial charge in [-0.25, -0.2) is 4.39 Å². The molecule has 0 aliphatic carbocycles. The van der Waals surface area contributed by atoms with E-state index >= 15 is 0 Å². The Morgan fingerprint density at radius 2 is 2.21 bits per heavy atom. The maximum absolute atomic E-state index is 13.8. The average molecular weight is 263 g/mol. The molecule has 2 aromatic heterocycles. The number of hydrogen-bond acceptors (Lipinski definition) is 4. The van der Waals surface area contributed by atoms with Crippen molar-refractivity contribution >= 4 is 0 Å². The van der Waals surface area contributed by atoms with Crippen molar-refractivity contribution in [2.24, 2.45) is 12.9 Å². The van der Waals surface area contributed by atoms with Crippen molar-refractivity contribution in [1.29, 1.82) is 0 Å². The summed E-state index contributed by atoms with van der Waals surface area (Å²) >= 11 is 0. The standard InChI is InChI=1S/C13H18FN5/c1-8-11(9(2)19(3)18-8)6-13(17-15)10-4-5-16-7-12(10)14/h4-5,7,13,17H,6,15H2,1-3H3. The number of hydrogen-bond donors (Lipinski definition) is 2. The third-order valence-electron chi connectivity index (χ3n) is 3.45. The summed E-state index contributed by atoms with van der Waals surface area (Å²) in [4.78, 5) is 3.75. The van der Waals surface area contributed by atoms with Crippen LogP contribution in [0.2, 0.25) is 0 Å². The molecule has 0 spiro atoms. The molecule has 0 saturated carbocycles. The first-order valence-electron chi connectivity index (χ1n) is 6.09. The lowest BCUT2D eigenvalue weighted by Gasteiger charge is -2.17. The molecule has 0 aliphatic heterocycles. The fraction of sp³-hybridized carbons (Fsp3) is 0.385. The first-order chi connectivity index (χ1) is 9.04. The second kappa shape index (κ2) is 5.46. The number of pyridine rings is 1. The molecule has 0 bridgehead atoms. The zero-order valence-corrected chi connectivity index (χ0v) is 11.3. The van der Waals surface area contributed by atoms with Gasteiger partial charge in [0.2, 0.25) is 0 Å². The zero-order valence-electron chi connectivity index (χ0n) is 11.3. The summed E-state index contributed by atoms with van der Waals surface area (Å²) < 4.78 is 15.6. The molecule has 0 amide bonds. The minimum atomic E-state index is -0.357. The summed E-state index contributed by atoms with van der Waals surface area (Å²) in [5.41, 5.74) is 6.27. The lowest BCUT2D eigenvalue weighted by atomic mass is 9.98. The van der Waals surface area contributed by atoms with Crippen molar-refractivity contribution in [1.82, 2.24) is 20.2 Å². The van der Waals surface area contributed by atoms with Gasteiger partial charge in [0, 0.05) is 24.5 Å². The van der Waals surface area contributed by atoms with Crippen LogP contribution in [0.5, 0.6) is 0 Å². The van der Waals surface area contributed by atoms with Crippen LogP contribution >= 0.6 is 0 Å². The van der Waals surface area contributed by atoms with Crippen LogP contribution in [0.15, 0.2) is 18.5 Å². The lowest BCUT2D eigenvalue weighted by Crippen LogP contribution is -2.30. The van der Waals surface area contributed by atoms with Gasteiger partial charge in [-0.1, -0.05) is 0 Å². The van der Waals surface area contributed by atoms with Crippen LogP contribution in [0.25, 0.3) is 0 Å². The maximum atomic E-state index is 13.8. The van der Waals surface area contributed by atoms with Crippen LogP contribution < -0.4 is 11.3 Å². The number of nitrogens with two attached hydrogens (primary N) is 1. The normalized spacial score (nSPS) is 12.7. The second-order valence-electron chi connectivity index (χ2n) is 4.59. The smallest absolute Gasteiger partial charge is 0.146 e. The molecule has 0 aromatic carbocycles. The van der Waals surface area contributed by atoms with Gasteiger partial charge in [0.25, 0.3) is 0 Å². The van der Waals surface area contributed by atoms with Crippen molar-refractivity contribution in [3.05, 3.63) is 46.8 Å². The molecular weight excluding hydrogens is 245 g/mol. The van der Waals surface area contributed by atoms with E-state index in [1.54, 1.807) is 12.3 Å². The summed E-state index contributed by atoms with van der Waals surface area (Å²) in [5.74, 6) is 5.21. The van der Waals surface area contributed by atoms with Crippen LogP contribution in [-0.2, 0) is 13.5 Å². The molecule has 6 heteroatoms. The SMILES string of the molecule is Cc1nn(C)c(C)c1CC(NN)c1ccncc1F. The van der Waals surface area contributed by atoms with E-state index in [-0.39, 0.29) is 11.9 Å². The van der Waals surface area contributed by atoms with Crippen LogP contribution in [-0.4, -0.2) is 14.8 Å². The molecular formula is C13H18FN5. The second-order valence-corrected chi connectivity index (χ2v) is 4.59. The number of halogens is 1. The van der Waals surface area contributed by atoms with E-state index in [1.165, 1.54) is 6.20 Å². The number of rotatable bonds is 4. The molecule has 3 N–H and O–H groups in total. The Morgan fingerprint density at radius 1 is 1.47 bits per heavy atom. The highest BCUT2D eigenvalue weighted by Gasteiger charge is 2.19. The zero-order chi connectivity index (χ0) is 14.0. The van der Waals surface area contributed by atoms with Crippen molar-refractivity contribution in [3.8, 4) is 0 Å². The molecule has 0 radical (unpaired) electrons. The van der Waals surface area contributed by atoms with Gasteiger partial charge >= 0.3 is 0 Å². The van der Waals surface area contributed by atoms with Gasteiger partial charge < -0.3 is 0 Å². The Balaban J connectivity index is 2.32. The van der Waals surface area contributed by atoms with Gasteiger partial charge in [0.15, 0.2) is 0 Å². The fourth-order valence-electron chi connectivity index (χ4n) is 2.24. The summed E-state index contributed by atoms with van der Waals surface area (Å²) in [5, 5.41) is 4.36. The minimum Gasteiger partial charge on any atom is -0.272 e. The third-order valence-corrected chi connectivity index (χ3v) is 3.45. The average Bonchev–Trinajstić information content (AvgIpc) is 2.63. The van der Waals surface area contributed by atoms with E-state index in [9.17, 15) is 4.39 Å². The number of nitrogens with zero attached hydrogens (tertiary/aromatic N) is 3. The highest BCUT2D eigenvalue weighted by Crippen LogP contribution is 2.23. The topological polar surface area (TPSA) is 68.8 Å². The Bertz CT molecular complexity index is 578. The number of aromatic nitrogens is 3. The molecule has 19 heavy (non-hydrogen) atoms. The highest BCUT2D eigenvalue weighted by atomic mass is 19.1. The van der Waals surface area contributed by atoms with Crippen LogP contribution in [0, 0.1) is 19.7 Å². The van der Waals surface area contributed by atoms with Crippen molar-refractivity contribution in [3.63, 3.8) is 0 Å². The van der Waals surface area contributed by atoms with Crippen LogP contribution in [0.3, 0.4) is 0 Å². The fourth-order valence-corrected chi connectivity index (χ4v) is 2.24.